The molecule has 0 aliphatic rings. The van der Waals surface area contributed by atoms with Crippen molar-refractivity contribution in [1.82, 2.24) is 49.5 Å². The van der Waals surface area contributed by atoms with Gasteiger partial charge < -0.3 is 42.1 Å². The van der Waals surface area contributed by atoms with Crippen LogP contribution < -0.4 is 31.9 Å². The fourth-order valence-corrected chi connectivity index (χ4v) is 23.1. The van der Waals surface area contributed by atoms with Crippen LogP contribution in [0.25, 0.3) is 11.4 Å². The Morgan fingerprint density at radius 2 is 0.708 bits per heavy atom. The summed E-state index contributed by atoms with van der Waals surface area (Å²) < 4.78 is 192. The summed E-state index contributed by atoms with van der Waals surface area (Å²) in [7, 11) is -25.1. The van der Waals surface area contributed by atoms with Crippen LogP contribution in [0.3, 0.4) is 0 Å². The van der Waals surface area contributed by atoms with E-state index in [1.54, 1.807) is 145 Å². The Labute approximate surface area is 836 Å². The van der Waals surface area contributed by atoms with Crippen LogP contribution in [0.15, 0.2) is 134 Å². The van der Waals surface area contributed by atoms with Crippen molar-refractivity contribution >= 4 is 270 Å². The molecule has 2 amide bonds. The van der Waals surface area contributed by atoms with E-state index in [1.165, 1.54) is 56.4 Å². The van der Waals surface area contributed by atoms with E-state index < -0.39 is 118 Å². The van der Waals surface area contributed by atoms with E-state index in [0.717, 1.165) is 40.2 Å². The average Bonchev–Trinajstić information content (AvgIpc) is 1.65. The van der Waals surface area contributed by atoms with Gasteiger partial charge in [0.25, 0.3) is 60.7 Å². The number of aromatic nitrogens is 10. The van der Waals surface area contributed by atoms with Crippen LogP contribution in [0.4, 0.5) is 80.7 Å². The molecule has 4 aromatic heterocycles. The fourth-order valence-electron chi connectivity index (χ4n) is 11.8. The minimum absolute atomic E-state index is 0.0730. The van der Waals surface area contributed by atoms with E-state index in [-0.39, 0.29) is 130 Å². The number of benzene rings is 6. The summed E-state index contributed by atoms with van der Waals surface area (Å²) in [6.45, 7) is 12.3. The molecule has 0 fully saturated rings. The van der Waals surface area contributed by atoms with Crippen LogP contribution in [-0.4, -0.2) is 240 Å². The molecule has 2 unspecified atom stereocenters. The van der Waals surface area contributed by atoms with Crippen molar-refractivity contribution in [2.45, 2.75) is 108 Å². The molecule has 4 heterocycles. The molecule has 0 aliphatic heterocycles. The van der Waals surface area contributed by atoms with Crippen LogP contribution in [-0.2, 0) is 70.3 Å². The third-order valence-electron chi connectivity index (χ3n) is 18.5. The second-order valence-corrected chi connectivity index (χ2v) is 48.0. The van der Waals surface area contributed by atoms with Gasteiger partial charge in [0.15, 0.2) is 21.7 Å². The van der Waals surface area contributed by atoms with Gasteiger partial charge in [-0.25, -0.2) is 0 Å². The van der Waals surface area contributed by atoms with E-state index in [2.05, 4.69) is 92.5 Å². The maximum atomic E-state index is 13.6. The Morgan fingerprint density at radius 1 is 0.372 bits per heavy atom. The van der Waals surface area contributed by atoms with Crippen molar-refractivity contribution in [3.63, 3.8) is 0 Å². The Kier molecular flexibility index (Phi) is 41.9. The van der Waals surface area contributed by atoms with Crippen LogP contribution in [0, 0.1) is 48.5 Å². The first-order valence-electron chi connectivity index (χ1n) is 40.6. The largest absolute Gasteiger partial charge is 0.492 e. The molecule has 137 heavy (non-hydrogen) atoms. The zero-order valence-electron chi connectivity index (χ0n) is 73.6. The molecule has 742 valence electrons. The molecule has 2 atom stereocenters. The van der Waals surface area contributed by atoms with Crippen molar-refractivity contribution in [1.29, 1.82) is 0 Å². The van der Waals surface area contributed by atoms with E-state index in [1.807, 2.05) is 6.92 Å². The highest BCUT2D eigenvalue weighted by Gasteiger charge is 2.27. The lowest BCUT2D eigenvalue weighted by Crippen LogP contribution is -2.28. The summed E-state index contributed by atoms with van der Waals surface area (Å²) in [6, 6.07) is 28.5. The Hall–Kier alpha value is -8.58. The van der Waals surface area contributed by atoms with Gasteiger partial charge in [0.2, 0.25) is 47.4 Å². The molecule has 0 radical (unpaired) electrons. The van der Waals surface area contributed by atoms with Gasteiger partial charge in [-0.15, -0.1) is 33.8 Å². The highest BCUT2D eigenvalue weighted by atomic mass is 35.5. The normalized spacial score (nSPS) is 12.6. The molecule has 6 aromatic carbocycles. The van der Waals surface area contributed by atoms with Gasteiger partial charge in [0.05, 0.1) is 89.2 Å². The minimum Gasteiger partial charge on any atom is -0.492 e. The number of halogens is 4. The number of amides is 2. The summed E-state index contributed by atoms with van der Waals surface area (Å²) in [5.41, 5.74) is 9.07. The monoisotopic (exact) mass is 2200 g/mol. The number of carbonyl (C=O) groups excluding carboxylic acids is 2. The number of nitrogens with one attached hydrogen (secondary N) is 6. The first-order valence-corrected chi connectivity index (χ1v) is 58.1. The number of thioether (sulfide) groups is 6. The first kappa shape index (κ1) is 112. The molecular formula is C79H94Cl4N20O22S12. The van der Waals surface area contributed by atoms with E-state index in [0.29, 0.717) is 111 Å². The molecule has 0 saturated heterocycles. The Bertz CT molecular complexity index is 6830. The van der Waals surface area contributed by atoms with Crippen LogP contribution in [0.1, 0.15) is 77.7 Å². The lowest BCUT2D eigenvalue weighted by atomic mass is 10.1. The summed E-state index contributed by atoms with van der Waals surface area (Å²) in [4.78, 5) is 54.2. The Morgan fingerprint density at radius 3 is 1.08 bits per heavy atom. The molecule has 42 nitrogen and oxygen atoms in total. The second kappa shape index (κ2) is 51.2. The van der Waals surface area contributed by atoms with Gasteiger partial charge in [-0.05, 0) is 229 Å². The van der Waals surface area contributed by atoms with Gasteiger partial charge in [-0.2, -0.15) is 134 Å². The van der Waals surface area contributed by atoms with Gasteiger partial charge in [-0.3, -0.25) is 36.9 Å². The number of azo groups is 2. The second-order valence-electron chi connectivity index (χ2n) is 29.9. The number of hydrogen-bond acceptors (Lipinski definition) is 38. The SMILES string of the molecule is Cc1cc(Cl)c(-n2nc(C)c(N=Nc3ccc(Nc4nc(Nc5cc(NC(=O)C(CSCCCS(=O)(=O)O)SCCCS(=O)(=O)O)ccc5C)nc(SCCCS(=O)(=O)O)n4)cc3C)c2O)cc1Cl.Cc1cc(Cl)c(-n2nc(C)c(N=Nc3ccc(Nc4nc(Nc5cccc(NC(=O)C(CSCCCS(=O)(=O)O)SCCCS(=O)(=O)O)c5)nc(SCCCS(=O)(=O)O)n4)cc3C)c2O)cc1Cl. The molecule has 0 aliphatic carbocycles. The third-order valence-corrected chi connectivity index (χ3v) is 31.9. The number of aryl methyl sites for hydroxylation is 7. The summed E-state index contributed by atoms with van der Waals surface area (Å²) in [5.74, 6) is -1.75. The average molecular weight is 2200 g/mol. The highest BCUT2D eigenvalue weighted by molar-refractivity contribution is 8.04. The van der Waals surface area contributed by atoms with Crippen molar-refractivity contribution in [3.8, 4) is 23.1 Å². The fraction of sp³-hybridized carbons (Fsp3) is 0.367. The number of anilines is 10. The first-order chi connectivity index (χ1) is 64.3. The van der Waals surface area contributed by atoms with Gasteiger partial charge >= 0.3 is 0 Å². The smallest absolute Gasteiger partial charge is 0.264 e. The molecule has 0 saturated carbocycles. The van der Waals surface area contributed by atoms with Gasteiger partial charge in [0, 0.05) is 67.2 Å². The van der Waals surface area contributed by atoms with Gasteiger partial charge in [-0.1, -0.05) is 82.1 Å². The maximum Gasteiger partial charge on any atom is 0.264 e. The molecule has 10 aromatic rings. The summed E-state index contributed by atoms with van der Waals surface area (Å²) >= 11 is 32.7. The lowest BCUT2D eigenvalue weighted by Gasteiger charge is -2.17. The maximum absolute atomic E-state index is 13.6. The highest BCUT2D eigenvalue weighted by Crippen LogP contribution is 2.42. The zero-order valence-corrected chi connectivity index (χ0v) is 86.4. The van der Waals surface area contributed by atoms with Crippen molar-refractivity contribution in [2.75, 3.05) is 112 Å². The quantitative estimate of drug-likeness (QED) is 0.00729. The number of nitrogens with zero attached hydrogens (tertiary/aromatic N) is 14. The number of rotatable bonds is 50. The van der Waals surface area contributed by atoms with E-state index >= 15 is 0 Å². The minimum atomic E-state index is -4.20. The third kappa shape index (κ3) is 38.4. The number of aromatic hydroxyl groups is 2. The summed E-state index contributed by atoms with van der Waals surface area (Å²) in [6.07, 6.45) is 0.688. The lowest BCUT2D eigenvalue weighted by molar-refractivity contribution is -0.116. The standard InChI is InChI=1S/C40H48Cl2N10O11S6.C39H46Cl2N10O11S6/c1-23-8-9-28(43-36(53)34(65-13-6-16-68(58,59)60)22-64-12-5-15-67(55,56)57)20-32(23)45-39-46-38(47-40(48-39)66-14-7-17-69(61,62)63)44-27-10-11-31(25(3)18-27)49-50-35-26(4)51-52(37(35)54)33-21-29(41)24(2)19-30(33)42;1-23-19-30(41)32(21-29(23)40)51-36(53)34(25(3)50-51)49-48-31-11-10-28(18-24(31)2)44-38-45-37(46-39(47-38)65-14-7-17-68(60,61)62)43-27-9-4-8-26(20-27)42-35(52)33(64-13-6-16-67(57,58)59)22-63-12-5-15-66(54,55)56/h8-11,18-21,34,54H,5-7,12-17,22H2,1-4H3,(H,43,53)(H,55,56,57)(H,58,59,60)(H,61,62,63)(H2,44,45,46,47,48);4,8-11,18-21,33,53H,5-7,12-17,22H2,1-3H3,(H,42,52)(H,54,55,56)(H,57,58,59)(H,60,61,62)(H2,43,44,45,46,47). The summed E-state index contributed by atoms with van der Waals surface area (Å²) in [5, 5.41) is 67.0. The van der Waals surface area contributed by atoms with Crippen molar-refractivity contribution in [2.24, 2.45) is 20.5 Å². The predicted molar refractivity (Wildman–Crippen MR) is 543 cm³/mol. The molecule has 10 rings (SSSR count). The number of hydrogen-bond donors (Lipinski definition) is 14. The van der Waals surface area contributed by atoms with Crippen molar-refractivity contribution < 1.29 is 97.6 Å². The van der Waals surface area contributed by atoms with Crippen LogP contribution >= 0.6 is 117 Å². The molecular weight excluding hydrogens is 2110 g/mol. The van der Waals surface area contributed by atoms with Crippen molar-refractivity contribution in [3.05, 3.63) is 162 Å². The molecule has 58 heteroatoms. The number of carbonyl (C=O) groups is 2. The molecule has 14 N–H and O–H groups in total. The van der Waals surface area contributed by atoms with E-state index in [4.69, 9.17) is 64.6 Å². The molecule has 0 bridgehead atoms. The molecule has 0 spiro atoms. The van der Waals surface area contributed by atoms with Gasteiger partial charge in [0.1, 0.15) is 0 Å². The zero-order chi connectivity index (χ0) is 100. The van der Waals surface area contributed by atoms with E-state index in [9.17, 15) is 79.4 Å². The topological polar surface area (TPSA) is 635 Å². The Balaban J connectivity index is 0.000000307. The van der Waals surface area contributed by atoms with Crippen LogP contribution in [0.5, 0.6) is 11.8 Å². The van der Waals surface area contributed by atoms with Crippen LogP contribution in [0.2, 0.25) is 20.1 Å². The predicted octanol–water partition coefficient (Wildman–Crippen LogP) is 17.5.